The molecular formula is C9H14N3O+. The van der Waals surface area contributed by atoms with E-state index in [-0.39, 0.29) is 11.9 Å². The zero-order valence-electron chi connectivity index (χ0n) is 7.36. The lowest BCUT2D eigenvalue weighted by molar-refractivity contribution is -0.403. The molecule has 4 heteroatoms. The molecule has 1 atom stereocenters. The van der Waals surface area contributed by atoms with Gasteiger partial charge in [-0.1, -0.05) is 30.3 Å². The lowest BCUT2D eigenvalue weighted by atomic mass is 10.1. The smallest absolute Gasteiger partial charge is 0.292 e. The van der Waals surface area contributed by atoms with Gasteiger partial charge in [0, 0.05) is 6.42 Å². The third kappa shape index (κ3) is 2.85. The second-order valence-electron chi connectivity index (χ2n) is 2.90. The first kappa shape index (κ1) is 9.70. The summed E-state index contributed by atoms with van der Waals surface area (Å²) in [5.41, 5.74) is 6.88. The minimum atomic E-state index is -0.326. The molecule has 0 fully saturated rings. The molecule has 13 heavy (non-hydrogen) atoms. The summed E-state index contributed by atoms with van der Waals surface area (Å²) in [6, 6.07) is 9.40. The van der Waals surface area contributed by atoms with Crippen molar-refractivity contribution in [3.63, 3.8) is 0 Å². The van der Waals surface area contributed by atoms with E-state index in [1.807, 2.05) is 30.3 Å². The number of nitrogens with one attached hydrogen (secondary N) is 1. The molecule has 0 saturated heterocycles. The van der Waals surface area contributed by atoms with Gasteiger partial charge in [0.1, 0.15) is 0 Å². The molecule has 1 rings (SSSR count). The Kier molecular flexibility index (Phi) is 3.42. The van der Waals surface area contributed by atoms with Crippen molar-refractivity contribution in [1.82, 2.24) is 5.43 Å². The number of quaternary nitrogens is 1. The number of hydrogen-bond acceptors (Lipinski definition) is 2. The molecule has 0 aliphatic heterocycles. The van der Waals surface area contributed by atoms with E-state index < -0.39 is 0 Å². The number of hydrazine groups is 1. The Morgan fingerprint density at radius 3 is 2.62 bits per heavy atom. The van der Waals surface area contributed by atoms with Crippen LogP contribution in [0.5, 0.6) is 0 Å². The average molecular weight is 180 g/mol. The largest absolute Gasteiger partial charge is 0.347 e. The number of amides is 1. The molecule has 1 aromatic rings. The quantitative estimate of drug-likeness (QED) is 0.311. The summed E-state index contributed by atoms with van der Waals surface area (Å²) >= 11 is 0. The van der Waals surface area contributed by atoms with Crippen LogP contribution in [0.15, 0.2) is 30.3 Å². The third-order valence-corrected chi connectivity index (χ3v) is 1.84. The molecule has 1 aromatic carbocycles. The van der Waals surface area contributed by atoms with Crippen LogP contribution < -0.4 is 17.0 Å². The van der Waals surface area contributed by atoms with Crippen LogP contribution in [0, 0.1) is 0 Å². The molecule has 0 radical (unpaired) electrons. The molecule has 4 nitrogen and oxygen atoms in total. The normalized spacial score (nSPS) is 12.2. The molecule has 1 amide bonds. The topological polar surface area (TPSA) is 82.8 Å². The molecule has 1 unspecified atom stereocenters. The molecular weight excluding hydrogens is 166 g/mol. The van der Waals surface area contributed by atoms with Crippen LogP contribution in [0.4, 0.5) is 0 Å². The van der Waals surface area contributed by atoms with Gasteiger partial charge in [-0.2, -0.15) is 0 Å². The third-order valence-electron chi connectivity index (χ3n) is 1.84. The fraction of sp³-hybridized carbons (Fsp3) is 0.222. The van der Waals surface area contributed by atoms with Gasteiger partial charge >= 0.3 is 0 Å². The predicted molar refractivity (Wildman–Crippen MR) is 49.2 cm³/mol. The van der Waals surface area contributed by atoms with E-state index in [1.165, 1.54) is 0 Å². The van der Waals surface area contributed by atoms with E-state index >= 15 is 0 Å². The Bertz CT molecular complexity index is 273. The van der Waals surface area contributed by atoms with Gasteiger partial charge in [-0.25, -0.2) is 5.84 Å². The summed E-state index contributed by atoms with van der Waals surface area (Å²) in [6.07, 6.45) is 0.615. The highest BCUT2D eigenvalue weighted by Crippen LogP contribution is 2.00. The lowest BCUT2D eigenvalue weighted by Crippen LogP contribution is -2.69. The van der Waals surface area contributed by atoms with E-state index in [1.54, 1.807) is 0 Å². The van der Waals surface area contributed by atoms with Crippen molar-refractivity contribution >= 4 is 5.91 Å². The van der Waals surface area contributed by atoms with Gasteiger partial charge in [-0.15, -0.1) is 0 Å². The first-order valence-corrected chi connectivity index (χ1v) is 4.11. The number of nitrogens with two attached hydrogens (primary N) is 1. The van der Waals surface area contributed by atoms with Gasteiger partial charge in [0.2, 0.25) is 0 Å². The molecule has 0 saturated carbocycles. The van der Waals surface area contributed by atoms with Crippen LogP contribution in [0.1, 0.15) is 5.56 Å². The summed E-state index contributed by atoms with van der Waals surface area (Å²) < 4.78 is 0. The van der Waals surface area contributed by atoms with Crippen molar-refractivity contribution in [3.8, 4) is 0 Å². The SMILES string of the molecule is NNC(=O)C([NH3+])Cc1ccccc1. The fourth-order valence-electron chi connectivity index (χ4n) is 1.11. The van der Waals surface area contributed by atoms with Gasteiger partial charge < -0.3 is 5.73 Å². The monoisotopic (exact) mass is 180 g/mol. The number of benzene rings is 1. The van der Waals surface area contributed by atoms with Crippen molar-refractivity contribution in [2.45, 2.75) is 12.5 Å². The highest BCUT2D eigenvalue weighted by Gasteiger charge is 2.15. The van der Waals surface area contributed by atoms with Crippen LogP contribution in [0.2, 0.25) is 0 Å². The number of hydrogen-bond donors (Lipinski definition) is 3. The van der Waals surface area contributed by atoms with E-state index in [2.05, 4.69) is 11.2 Å². The van der Waals surface area contributed by atoms with Crippen molar-refractivity contribution in [3.05, 3.63) is 35.9 Å². The number of carbonyl (C=O) groups excluding carboxylic acids is 1. The molecule has 0 spiro atoms. The maximum atomic E-state index is 11.0. The van der Waals surface area contributed by atoms with Crippen LogP contribution in [-0.2, 0) is 11.2 Å². The van der Waals surface area contributed by atoms with E-state index in [0.717, 1.165) is 5.56 Å². The summed E-state index contributed by atoms with van der Waals surface area (Å²) in [7, 11) is 0. The zero-order chi connectivity index (χ0) is 9.68. The van der Waals surface area contributed by atoms with E-state index in [0.29, 0.717) is 6.42 Å². The maximum absolute atomic E-state index is 11.0. The van der Waals surface area contributed by atoms with Crippen molar-refractivity contribution in [1.29, 1.82) is 0 Å². The lowest BCUT2D eigenvalue weighted by Gasteiger charge is -2.05. The standard InChI is InChI=1S/C9H13N3O/c10-8(9(13)12-11)6-7-4-2-1-3-5-7/h1-5,8H,6,10-11H2,(H,12,13)/p+1. The highest BCUT2D eigenvalue weighted by atomic mass is 16.2. The fourth-order valence-corrected chi connectivity index (χ4v) is 1.11. The number of rotatable bonds is 3. The van der Waals surface area contributed by atoms with Crippen molar-refractivity contribution < 1.29 is 10.5 Å². The van der Waals surface area contributed by atoms with Gasteiger partial charge in [-0.3, -0.25) is 10.2 Å². The molecule has 0 aliphatic rings. The Morgan fingerprint density at radius 2 is 2.08 bits per heavy atom. The average Bonchev–Trinajstić information content (AvgIpc) is 2.18. The van der Waals surface area contributed by atoms with Gasteiger partial charge in [0.05, 0.1) is 0 Å². The maximum Gasteiger partial charge on any atom is 0.292 e. The van der Waals surface area contributed by atoms with Crippen molar-refractivity contribution in [2.75, 3.05) is 0 Å². The first-order chi connectivity index (χ1) is 6.24. The van der Waals surface area contributed by atoms with Gasteiger partial charge in [0.25, 0.3) is 5.91 Å². The molecule has 6 N–H and O–H groups in total. The van der Waals surface area contributed by atoms with Crippen molar-refractivity contribution in [2.24, 2.45) is 5.84 Å². The highest BCUT2D eigenvalue weighted by molar-refractivity contribution is 5.79. The second-order valence-corrected chi connectivity index (χ2v) is 2.90. The summed E-state index contributed by atoms with van der Waals surface area (Å²) in [5, 5.41) is 0. The van der Waals surface area contributed by atoms with Crippen LogP contribution in [-0.4, -0.2) is 11.9 Å². The summed E-state index contributed by atoms with van der Waals surface area (Å²) in [5.74, 6) is 4.75. The molecule has 0 heterocycles. The van der Waals surface area contributed by atoms with E-state index in [4.69, 9.17) is 5.84 Å². The summed E-state index contributed by atoms with van der Waals surface area (Å²) in [6.45, 7) is 0. The minimum absolute atomic E-state index is 0.233. The van der Waals surface area contributed by atoms with Crippen LogP contribution in [0.3, 0.4) is 0 Å². The minimum Gasteiger partial charge on any atom is -0.347 e. The molecule has 70 valence electrons. The zero-order valence-corrected chi connectivity index (χ0v) is 7.36. The van der Waals surface area contributed by atoms with Gasteiger partial charge in [0.15, 0.2) is 6.04 Å². The number of carbonyl (C=O) groups is 1. The van der Waals surface area contributed by atoms with Crippen LogP contribution >= 0.6 is 0 Å². The summed E-state index contributed by atoms with van der Waals surface area (Å²) in [4.78, 5) is 11.0. The molecule has 0 bridgehead atoms. The Morgan fingerprint density at radius 1 is 1.46 bits per heavy atom. The first-order valence-electron chi connectivity index (χ1n) is 4.11. The predicted octanol–water partition coefficient (Wildman–Crippen LogP) is -1.17. The van der Waals surface area contributed by atoms with Crippen LogP contribution in [0.25, 0.3) is 0 Å². The Labute approximate surface area is 76.9 Å². The Balaban J connectivity index is 2.55. The Hall–Kier alpha value is -1.39. The second kappa shape index (κ2) is 4.59. The van der Waals surface area contributed by atoms with E-state index in [9.17, 15) is 4.79 Å². The van der Waals surface area contributed by atoms with Gasteiger partial charge in [-0.05, 0) is 5.56 Å². The molecule has 0 aliphatic carbocycles. The molecule has 0 aromatic heterocycles.